The van der Waals surface area contributed by atoms with Gasteiger partial charge in [-0.25, -0.2) is 19.3 Å². The number of aromatic nitrogens is 3. The molecule has 0 bridgehead atoms. The molecule has 192 valence electrons. The molecule has 0 amide bonds. The van der Waals surface area contributed by atoms with Crippen LogP contribution < -0.4 is 20.7 Å². The second-order valence-corrected chi connectivity index (χ2v) is 9.21. The van der Waals surface area contributed by atoms with Crippen molar-refractivity contribution < 1.29 is 14.2 Å². The van der Waals surface area contributed by atoms with Crippen molar-refractivity contribution in [3.63, 3.8) is 0 Å². The summed E-state index contributed by atoms with van der Waals surface area (Å²) in [5.41, 5.74) is 3.20. The minimum atomic E-state index is -1.06. The van der Waals surface area contributed by atoms with Crippen LogP contribution in [0, 0.1) is 6.92 Å². The maximum absolute atomic E-state index is 12.8. The number of rotatable bonds is 9. The number of ether oxygens (including phenoxy) is 1. The number of fused-ring (bicyclic) bond motifs is 1. The van der Waals surface area contributed by atoms with Gasteiger partial charge < -0.3 is 25.8 Å². The summed E-state index contributed by atoms with van der Waals surface area (Å²) >= 11 is 0. The van der Waals surface area contributed by atoms with Crippen LogP contribution in [0.25, 0.3) is 22.0 Å². The van der Waals surface area contributed by atoms with E-state index in [4.69, 9.17) is 9.72 Å². The molecule has 37 heavy (non-hydrogen) atoms. The number of halogens is 1. The van der Waals surface area contributed by atoms with Crippen LogP contribution in [0.2, 0.25) is 0 Å². The quantitative estimate of drug-likeness (QED) is 0.261. The molecule has 2 aromatic heterocycles. The molecule has 0 unspecified atom stereocenters. The monoisotopic (exact) mass is 502 g/mol. The van der Waals surface area contributed by atoms with Gasteiger partial charge in [0.2, 0.25) is 11.8 Å². The SMILES string of the molecule is Cc1ccc2c(NC[C@@H](O)CF)cccc2c1Oc1ncccc1-c1ccnc(N[C@H]2CCCNC2)n1. The second kappa shape index (κ2) is 11.5. The van der Waals surface area contributed by atoms with Gasteiger partial charge in [-0.05, 0) is 56.1 Å². The summed E-state index contributed by atoms with van der Waals surface area (Å²) in [5.74, 6) is 1.69. The van der Waals surface area contributed by atoms with E-state index in [0.29, 0.717) is 29.3 Å². The first-order valence-corrected chi connectivity index (χ1v) is 12.6. The highest BCUT2D eigenvalue weighted by Gasteiger charge is 2.17. The zero-order valence-corrected chi connectivity index (χ0v) is 20.7. The molecule has 5 rings (SSSR count). The van der Waals surface area contributed by atoms with E-state index in [-0.39, 0.29) is 6.54 Å². The van der Waals surface area contributed by atoms with E-state index < -0.39 is 12.8 Å². The predicted molar refractivity (Wildman–Crippen MR) is 144 cm³/mol. The molecule has 0 saturated carbocycles. The third-order valence-electron chi connectivity index (χ3n) is 6.45. The number of piperidine rings is 1. The number of hydrogen-bond donors (Lipinski definition) is 4. The van der Waals surface area contributed by atoms with Crippen molar-refractivity contribution in [3.05, 3.63) is 66.5 Å². The van der Waals surface area contributed by atoms with E-state index in [1.54, 1.807) is 12.4 Å². The molecule has 2 atom stereocenters. The van der Waals surface area contributed by atoms with Gasteiger partial charge in [0.15, 0.2) is 0 Å². The molecule has 1 aliphatic heterocycles. The summed E-state index contributed by atoms with van der Waals surface area (Å²) in [7, 11) is 0. The van der Waals surface area contributed by atoms with Gasteiger partial charge in [0.05, 0.1) is 17.4 Å². The van der Waals surface area contributed by atoms with Crippen LogP contribution in [0.15, 0.2) is 60.9 Å². The van der Waals surface area contributed by atoms with E-state index in [1.165, 1.54) is 0 Å². The third-order valence-corrected chi connectivity index (χ3v) is 6.45. The molecule has 1 aliphatic rings. The van der Waals surface area contributed by atoms with Crippen LogP contribution in [-0.4, -0.2) is 58.5 Å². The standard InChI is InChI=1S/C28H31FN6O2/c1-18-9-10-21-22(6-2-8-24(21)33-17-20(36)15-29)26(18)37-27-23(7-4-13-31-27)25-11-14-32-28(35-25)34-19-5-3-12-30-16-19/h2,4,6-11,13-14,19-20,30,33,36H,3,5,12,15-17H2,1H3,(H,32,34,35)/t19-,20-/m0/s1. The van der Waals surface area contributed by atoms with Crippen molar-refractivity contribution in [2.45, 2.75) is 31.9 Å². The van der Waals surface area contributed by atoms with Gasteiger partial charge in [0, 0.05) is 48.0 Å². The number of benzene rings is 2. The lowest BCUT2D eigenvalue weighted by Crippen LogP contribution is -2.38. The predicted octanol–water partition coefficient (Wildman–Crippen LogP) is 4.70. The number of aryl methyl sites for hydroxylation is 1. The van der Waals surface area contributed by atoms with Crippen LogP contribution in [0.1, 0.15) is 18.4 Å². The summed E-state index contributed by atoms with van der Waals surface area (Å²) in [4.78, 5) is 13.7. The van der Waals surface area contributed by atoms with Crippen molar-refractivity contribution in [2.75, 3.05) is 36.9 Å². The number of aliphatic hydroxyl groups is 1. The van der Waals surface area contributed by atoms with E-state index >= 15 is 0 Å². The molecule has 9 heteroatoms. The smallest absolute Gasteiger partial charge is 0.228 e. The molecule has 1 fully saturated rings. The van der Waals surface area contributed by atoms with Crippen molar-refractivity contribution >= 4 is 22.4 Å². The van der Waals surface area contributed by atoms with Crippen LogP contribution in [0.3, 0.4) is 0 Å². The Hall–Kier alpha value is -3.82. The van der Waals surface area contributed by atoms with Gasteiger partial charge in [-0.15, -0.1) is 0 Å². The Morgan fingerprint density at radius 2 is 2.03 bits per heavy atom. The Balaban J connectivity index is 1.45. The molecule has 2 aromatic carbocycles. The average molecular weight is 503 g/mol. The molecule has 3 heterocycles. The number of nitrogens with zero attached hydrogens (tertiary/aromatic N) is 3. The topological polar surface area (TPSA) is 104 Å². The van der Waals surface area contributed by atoms with Gasteiger partial charge in [0.1, 0.15) is 12.4 Å². The minimum Gasteiger partial charge on any atom is -0.437 e. The van der Waals surface area contributed by atoms with E-state index in [2.05, 4.69) is 25.9 Å². The molecular formula is C28H31FN6O2. The first kappa shape index (κ1) is 24.9. The van der Waals surface area contributed by atoms with Crippen LogP contribution in [0.4, 0.5) is 16.0 Å². The van der Waals surface area contributed by atoms with Crippen molar-refractivity contribution in [1.29, 1.82) is 0 Å². The highest BCUT2D eigenvalue weighted by molar-refractivity contribution is 5.98. The molecule has 4 N–H and O–H groups in total. The first-order valence-electron chi connectivity index (χ1n) is 12.6. The van der Waals surface area contributed by atoms with Gasteiger partial charge >= 0.3 is 0 Å². The van der Waals surface area contributed by atoms with Crippen LogP contribution in [0.5, 0.6) is 11.6 Å². The number of hydrogen-bond acceptors (Lipinski definition) is 8. The average Bonchev–Trinajstić information content (AvgIpc) is 2.94. The molecule has 0 spiro atoms. The molecule has 4 aromatic rings. The van der Waals surface area contributed by atoms with E-state index in [1.807, 2.05) is 55.5 Å². The van der Waals surface area contributed by atoms with E-state index in [9.17, 15) is 9.50 Å². The number of anilines is 2. The number of alkyl halides is 1. The molecule has 1 saturated heterocycles. The highest BCUT2D eigenvalue weighted by atomic mass is 19.1. The number of nitrogens with one attached hydrogen (secondary N) is 3. The van der Waals surface area contributed by atoms with Crippen LogP contribution >= 0.6 is 0 Å². The number of pyridine rings is 1. The normalized spacial score (nSPS) is 16.4. The maximum atomic E-state index is 12.8. The lowest BCUT2D eigenvalue weighted by atomic mass is 10.0. The maximum Gasteiger partial charge on any atom is 0.228 e. The van der Waals surface area contributed by atoms with E-state index in [0.717, 1.165) is 53.5 Å². The fraction of sp³-hybridized carbons (Fsp3) is 0.321. The molecule has 0 radical (unpaired) electrons. The zero-order valence-electron chi connectivity index (χ0n) is 20.7. The van der Waals surface area contributed by atoms with Gasteiger partial charge in [-0.2, -0.15) is 0 Å². The second-order valence-electron chi connectivity index (χ2n) is 9.21. The Bertz CT molecular complexity index is 1360. The van der Waals surface area contributed by atoms with Gasteiger partial charge in [0.25, 0.3) is 0 Å². The summed E-state index contributed by atoms with van der Waals surface area (Å²) in [5, 5.41) is 21.4. The van der Waals surface area contributed by atoms with Crippen molar-refractivity contribution in [2.24, 2.45) is 0 Å². The summed E-state index contributed by atoms with van der Waals surface area (Å²) in [6, 6.07) is 15.7. The van der Waals surface area contributed by atoms with Crippen molar-refractivity contribution in [3.8, 4) is 22.9 Å². The Kier molecular flexibility index (Phi) is 7.72. The first-order chi connectivity index (χ1) is 18.1. The Morgan fingerprint density at radius 1 is 1.11 bits per heavy atom. The van der Waals surface area contributed by atoms with Gasteiger partial charge in [-0.3, -0.25) is 0 Å². The molecule has 0 aliphatic carbocycles. The fourth-order valence-corrected chi connectivity index (χ4v) is 4.51. The summed E-state index contributed by atoms with van der Waals surface area (Å²) in [6.07, 6.45) is 4.57. The number of aliphatic hydroxyl groups excluding tert-OH is 1. The van der Waals surface area contributed by atoms with Crippen LogP contribution in [-0.2, 0) is 0 Å². The Morgan fingerprint density at radius 3 is 2.86 bits per heavy atom. The lowest BCUT2D eigenvalue weighted by Gasteiger charge is -2.23. The summed E-state index contributed by atoms with van der Waals surface area (Å²) in [6.45, 7) is 3.23. The molecular weight excluding hydrogens is 471 g/mol. The van der Waals surface area contributed by atoms with Gasteiger partial charge in [-0.1, -0.05) is 24.3 Å². The molecule has 8 nitrogen and oxygen atoms in total. The zero-order chi connectivity index (χ0) is 25.6. The fourth-order valence-electron chi connectivity index (χ4n) is 4.51. The Labute approximate surface area is 215 Å². The minimum absolute atomic E-state index is 0.116. The third kappa shape index (κ3) is 5.79. The van der Waals surface area contributed by atoms with Crippen molar-refractivity contribution in [1.82, 2.24) is 20.3 Å². The lowest BCUT2D eigenvalue weighted by molar-refractivity contribution is 0.151. The largest absolute Gasteiger partial charge is 0.437 e. The highest BCUT2D eigenvalue weighted by Crippen LogP contribution is 2.38. The summed E-state index contributed by atoms with van der Waals surface area (Å²) < 4.78 is 19.2.